The van der Waals surface area contributed by atoms with Gasteiger partial charge in [-0.1, -0.05) is 47.7 Å². The number of ether oxygens (including phenoxy) is 1. The van der Waals surface area contributed by atoms with Crippen molar-refractivity contribution in [2.24, 2.45) is 0 Å². The molecule has 3 rings (SSSR count). The van der Waals surface area contributed by atoms with Gasteiger partial charge < -0.3 is 10.1 Å². The Labute approximate surface area is 174 Å². The topological polar surface area (TPSA) is 51.2 Å². The molecule has 6 heteroatoms. The number of benzene rings is 2. The average Bonchev–Trinajstić information content (AvgIpc) is 3.14. The van der Waals surface area contributed by atoms with Crippen molar-refractivity contribution in [1.82, 2.24) is 10.3 Å². The third-order valence-electron chi connectivity index (χ3n) is 4.38. The molecule has 0 saturated carbocycles. The van der Waals surface area contributed by atoms with Crippen LogP contribution in [-0.2, 0) is 23.5 Å². The van der Waals surface area contributed by atoms with Crippen LogP contribution in [0.3, 0.4) is 0 Å². The fourth-order valence-electron chi connectivity index (χ4n) is 2.70. The van der Waals surface area contributed by atoms with E-state index in [1.54, 1.807) is 30.2 Å². The van der Waals surface area contributed by atoms with Gasteiger partial charge >= 0.3 is 0 Å². The van der Waals surface area contributed by atoms with Crippen molar-refractivity contribution in [3.05, 3.63) is 75.8 Å². The smallest absolute Gasteiger partial charge is 0.226 e. The van der Waals surface area contributed by atoms with Crippen molar-refractivity contribution >= 4 is 29.0 Å². The third kappa shape index (κ3) is 5.84. The molecule has 146 valence electrons. The molecule has 3 aromatic rings. The number of nitrogens with one attached hydrogen (secondary N) is 1. The number of thiazole rings is 1. The maximum absolute atomic E-state index is 12.2. The Hall–Kier alpha value is -2.31. The van der Waals surface area contributed by atoms with Crippen LogP contribution in [0.25, 0.3) is 0 Å². The van der Waals surface area contributed by atoms with E-state index >= 15 is 0 Å². The first kappa shape index (κ1) is 20.4. The van der Waals surface area contributed by atoms with Gasteiger partial charge in [0.15, 0.2) is 0 Å². The summed E-state index contributed by atoms with van der Waals surface area (Å²) in [4.78, 5) is 16.8. The van der Waals surface area contributed by atoms with Crippen LogP contribution in [0.4, 0.5) is 0 Å². The Kier molecular flexibility index (Phi) is 7.12. The number of amides is 1. The first-order valence-electron chi connectivity index (χ1n) is 9.06. The van der Waals surface area contributed by atoms with Crippen LogP contribution >= 0.6 is 23.1 Å². The number of aromatic nitrogens is 1. The minimum absolute atomic E-state index is 0.0211. The number of carbonyl (C=O) groups excluding carboxylic acids is 1. The van der Waals surface area contributed by atoms with E-state index in [-0.39, 0.29) is 5.91 Å². The van der Waals surface area contributed by atoms with E-state index in [1.807, 2.05) is 29.6 Å². The van der Waals surface area contributed by atoms with Gasteiger partial charge in [-0.2, -0.15) is 0 Å². The Balaban J connectivity index is 1.48. The monoisotopic (exact) mass is 412 g/mol. The molecule has 0 saturated heterocycles. The maximum Gasteiger partial charge on any atom is 0.226 e. The minimum Gasteiger partial charge on any atom is -0.497 e. The third-order valence-corrected chi connectivity index (χ3v) is 6.50. The zero-order chi connectivity index (χ0) is 19.9. The van der Waals surface area contributed by atoms with Crippen LogP contribution in [0.15, 0.2) is 52.2 Å². The summed E-state index contributed by atoms with van der Waals surface area (Å²) in [5, 5.41) is 4.91. The lowest BCUT2D eigenvalue weighted by Gasteiger charge is -2.06. The summed E-state index contributed by atoms with van der Waals surface area (Å²) in [7, 11) is 1.64. The van der Waals surface area contributed by atoms with Gasteiger partial charge in [0.1, 0.15) is 10.1 Å². The molecule has 1 aromatic heterocycles. The molecule has 1 amide bonds. The highest BCUT2D eigenvalue weighted by atomic mass is 32.2. The molecule has 0 fully saturated rings. The molecular formula is C22H24N2O2S2. The predicted octanol–water partition coefficient (Wildman–Crippen LogP) is 4.92. The van der Waals surface area contributed by atoms with Gasteiger partial charge in [-0.25, -0.2) is 4.98 Å². The standard InChI is InChI=1S/C22H24N2O2S2/c1-15-4-5-16(2)18(10-15)13-27-22-24-19(14-28-22)11-21(25)23-12-17-6-8-20(26-3)9-7-17/h4-10,14H,11-13H2,1-3H3,(H,23,25). The fraction of sp³-hybridized carbons (Fsp3) is 0.273. The van der Waals surface area contributed by atoms with Gasteiger partial charge in [0.25, 0.3) is 0 Å². The number of nitrogens with zero attached hydrogens (tertiary/aromatic N) is 1. The van der Waals surface area contributed by atoms with E-state index in [4.69, 9.17) is 4.74 Å². The number of hydrogen-bond acceptors (Lipinski definition) is 5. The lowest BCUT2D eigenvalue weighted by Crippen LogP contribution is -2.24. The molecule has 0 atom stereocenters. The predicted molar refractivity (Wildman–Crippen MR) is 116 cm³/mol. The lowest BCUT2D eigenvalue weighted by atomic mass is 10.1. The SMILES string of the molecule is COc1ccc(CNC(=O)Cc2csc(SCc3cc(C)ccc3C)n2)cc1. The quantitative estimate of drug-likeness (QED) is 0.534. The molecule has 0 aliphatic carbocycles. The van der Waals surface area contributed by atoms with E-state index in [2.05, 4.69) is 42.3 Å². The van der Waals surface area contributed by atoms with Crippen molar-refractivity contribution in [1.29, 1.82) is 0 Å². The highest BCUT2D eigenvalue weighted by Crippen LogP contribution is 2.28. The van der Waals surface area contributed by atoms with E-state index in [0.29, 0.717) is 13.0 Å². The molecule has 0 unspecified atom stereocenters. The van der Waals surface area contributed by atoms with Crippen molar-refractivity contribution in [2.75, 3.05) is 7.11 Å². The van der Waals surface area contributed by atoms with Crippen molar-refractivity contribution in [3.8, 4) is 5.75 Å². The summed E-state index contributed by atoms with van der Waals surface area (Å²) in [5.41, 5.74) is 5.76. The van der Waals surface area contributed by atoms with E-state index in [0.717, 1.165) is 27.1 Å². The first-order chi connectivity index (χ1) is 13.5. The van der Waals surface area contributed by atoms with Crippen LogP contribution in [0.5, 0.6) is 5.75 Å². The zero-order valence-electron chi connectivity index (χ0n) is 16.3. The average molecular weight is 413 g/mol. The highest BCUT2D eigenvalue weighted by Gasteiger charge is 2.09. The lowest BCUT2D eigenvalue weighted by molar-refractivity contribution is -0.120. The van der Waals surface area contributed by atoms with Crippen LogP contribution in [0, 0.1) is 13.8 Å². The summed E-state index contributed by atoms with van der Waals surface area (Å²) >= 11 is 3.32. The van der Waals surface area contributed by atoms with Crippen LogP contribution in [0.2, 0.25) is 0 Å². The summed E-state index contributed by atoms with van der Waals surface area (Å²) in [6.07, 6.45) is 0.302. The number of rotatable bonds is 8. The molecule has 4 nitrogen and oxygen atoms in total. The molecule has 1 N–H and O–H groups in total. The van der Waals surface area contributed by atoms with Gasteiger partial charge in [-0.15, -0.1) is 11.3 Å². The Morgan fingerprint density at radius 2 is 1.96 bits per heavy atom. The molecular weight excluding hydrogens is 388 g/mol. The number of thioether (sulfide) groups is 1. The number of aryl methyl sites for hydroxylation is 2. The van der Waals surface area contributed by atoms with Crippen LogP contribution in [0.1, 0.15) is 27.9 Å². The number of carbonyl (C=O) groups is 1. The van der Waals surface area contributed by atoms with Crippen molar-refractivity contribution < 1.29 is 9.53 Å². The molecule has 2 aromatic carbocycles. The van der Waals surface area contributed by atoms with E-state index in [9.17, 15) is 4.79 Å². The number of methoxy groups -OCH3 is 1. The van der Waals surface area contributed by atoms with Crippen molar-refractivity contribution in [3.63, 3.8) is 0 Å². The molecule has 28 heavy (non-hydrogen) atoms. The van der Waals surface area contributed by atoms with Crippen LogP contribution < -0.4 is 10.1 Å². The zero-order valence-corrected chi connectivity index (χ0v) is 18.0. The fourth-order valence-corrected chi connectivity index (χ4v) is 4.61. The summed E-state index contributed by atoms with van der Waals surface area (Å²) in [5.74, 6) is 1.68. The van der Waals surface area contributed by atoms with Gasteiger partial charge in [-0.05, 0) is 42.7 Å². The summed E-state index contributed by atoms with van der Waals surface area (Å²) < 4.78 is 6.14. The maximum atomic E-state index is 12.2. The summed E-state index contributed by atoms with van der Waals surface area (Å²) in [6, 6.07) is 14.2. The largest absolute Gasteiger partial charge is 0.497 e. The van der Waals surface area contributed by atoms with E-state index in [1.165, 1.54) is 16.7 Å². The molecule has 0 spiro atoms. The highest BCUT2D eigenvalue weighted by molar-refractivity contribution is 8.00. The second-order valence-electron chi connectivity index (χ2n) is 6.62. The first-order valence-corrected chi connectivity index (χ1v) is 10.9. The number of hydrogen-bond donors (Lipinski definition) is 1. The van der Waals surface area contributed by atoms with E-state index < -0.39 is 0 Å². The Bertz CT molecular complexity index is 936. The van der Waals surface area contributed by atoms with Crippen LogP contribution in [-0.4, -0.2) is 18.0 Å². The Morgan fingerprint density at radius 3 is 2.71 bits per heavy atom. The van der Waals surface area contributed by atoms with Gasteiger partial charge in [0, 0.05) is 17.7 Å². The van der Waals surface area contributed by atoms with Gasteiger partial charge in [0.05, 0.1) is 19.2 Å². The molecule has 0 aliphatic rings. The second kappa shape index (κ2) is 9.75. The molecule has 0 radical (unpaired) electrons. The Morgan fingerprint density at radius 1 is 1.18 bits per heavy atom. The van der Waals surface area contributed by atoms with Gasteiger partial charge in [-0.3, -0.25) is 4.79 Å². The molecule has 0 aliphatic heterocycles. The minimum atomic E-state index is -0.0211. The normalized spacial score (nSPS) is 10.7. The molecule has 1 heterocycles. The summed E-state index contributed by atoms with van der Waals surface area (Å²) in [6.45, 7) is 4.75. The second-order valence-corrected chi connectivity index (χ2v) is 8.71. The van der Waals surface area contributed by atoms with Crippen molar-refractivity contribution in [2.45, 2.75) is 36.9 Å². The molecule has 0 bridgehead atoms. The van der Waals surface area contributed by atoms with Gasteiger partial charge in [0.2, 0.25) is 5.91 Å².